The van der Waals surface area contributed by atoms with Crippen LogP contribution in [0.25, 0.3) is 0 Å². The Bertz CT molecular complexity index is 502. The molecule has 1 rings (SSSR count). The minimum atomic E-state index is -1.19. The van der Waals surface area contributed by atoms with Crippen LogP contribution in [0.5, 0.6) is 0 Å². The summed E-state index contributed by atoms with van der Waals surface area (Å²) in [4.78, 5) is 20.8. The molecular formula is C10H8N2O4. The third kappa shape index (κ3) is 1.83. The predicted octanol–water partition coefficient (Wildman–Crippen LogP) is 1.73. The summed E-state index contributed by atoms with van der Waals surface area (Å²) < 4.78 is 0. The molecule has 0 heterocycles. The lowest BCUT2D eigenvalue weighted by Gasteiger charge is -2.05. The minimum absolute atomic E-state index is 0.0651. The molecule has 6 heteroatoms. The van der Waals surface area contributed by atoms with Crippen LogP contribution in [0.4, 0.5) is 5.69 Å². The van der Waals surface area contributed by atoms with E-state index in [9.17, 15) is 14.9 Å². The van der Waals surface area contributed by atoms with Gasteiger partial charge in [-0.3, -0.25) is 10.1 Å². The smallest absolute Gasteiger partial charge is 0.336 e. The number of nitrogens with zero attached hydrogens (tertiary/aromatic N) is 2. The largest absolute Gasteiger partial charge is 0.478 e. The van der Waals surface area contributed by atoms with E-state index in [1.165, 1.54) is 0 Å². The van der Waals surface area contributed by atoms with Crippen molar-refractivity contribution in [2.45, 2.75) is 13.3 Å². The van der Waals surface area contributed by atoms with Gasteiger partial charge in [0.2, 0.25) is 0 Å². The Balaban J connectivity index is 3.60. The van der Waals surface area contributed by atoms with Crippen molar-refractivity contribution in [3.05, 3.63) is 38.9 Å². The van der Waals surface area contributed by atoms with Gasteiger partial charge in [-0.2, -0.15) is 5.26 Å². The Morgan fingerprint density at radius 3 is 2.62 bits per heavy atom. The number of benzene rings is 1. The Morgan fingerprint density at radius 2 is 2.25 bits per heavy atom. The fraction of sp³-hybridized carbons (Fsp3) is 0.200. The second-order valence-corrected chi connectivity index (χ2v) is 3.01. The van der Waals surface area contributed by atoms with Gasteiger partial charge in [0.05, 0.1) is 10.5 Å². The van der Waals surface area contributed by atoms with Crippen molar-refractivity contribution in [1.29, 1.82) is 5.26 Å². The van der Waals surface area contributed by atoms with E-state index in [0.29, 0.717) is 0 Å². The molecule has 0 fully saturated rings. The Hall–Kier alpha value is -2.42. The molecule has 0 bridgehead atoms. The lowest BCUT2D eigenvalue weighted by atomic mass is 9.98. The van der Waals surface area contributed by atoms with Crippen molar-refractivity contribution in [2.75, 3.05) is 0 Å². The molecule has 0 saturated carbocycles. The Labute approximate surface area is 90.9 Å². The molecular weight excluding hydrogens is 212 g/mol. The average molecular weight is 220 g/mol. The van der Waals surface area contributed by atoms with Crippen LogP contribution in [0.15, 0.2) is 12.1 Å². The molecule has 0 unspecified atom stereocenters. The maximum absolute atomic E-state index is 10.9. The Morgan fingerprint density at radius 1 is 1.62 bits per heavy atom. The molecule has 1 N–H and O–H groups in total. The highest BCUT2D eigenvalue weighted by molar-refractivity contribution is 5.91. The molecule has 0 aliphatic rings. The zero-order valence-electron chi connectivity index (χ0n) is 8.43. The second-order valence-electron chi connectivity index (χ2n) is 3.01. The molecule has 0 aliphatic carbocycles. The van der Waals surface area contributed by atoms with Gasteiger partial charge in [0.15, 0.2) is 0 Å². The first kappa shape index (κ1) is 11.7. The Kier molecular flexibility index (Phi) is 3.20. The van der Waals surface area contributed by atoms with E-state index >= 15 is 0 Å². The fourth-order valence-electron chi connectivity index (χ4n) is 1.48. The normalized spacial score (nSPS) is 9.50. The quantitative estimate of drug-likeness (QED) is 0.616. The maximum atomic E-state index is 10.9. The molecule has 0 atom stereocenters. The van der Waals surface area contributed by atoms with Gasteiger partial charge < -0.3 is 5.11 Å². The lowest BCUT2D eigenvalue weighted by Crippen LogP contribution is -2.06. The van der Waals surface area contributed by atoms with Gasteiger partial charge in [-0.1, -0.05) is 6.92 Å². The summed E-state index contributed by atoms with van der Waals surface area (Å²) in [5, 5.41) is 28.3. The molecule has 16 heavy (non-hydrogen) atoms. The molecule has 0 aromatic heterocycles. The van der Waals surface area contributed by atoms with Crippen LogP contribution >= 0.6 is 0 Å². The molecule has 0 spiro atoms. The van der Waals surface area contributed by atoms with Crippen molar-refractivity contribution in [3.8, 4) is 6.07 Å². The SMILES string of the molecule is CCc1c(C(=O)O)ccc([N+](=O)[O-])c1C#N. The van der Waals surface area contributed by atoms with Crippen LogP contribution in [-0.4, -0.2) is 16.0 Å². The van der Waals surface area contributed by atoms with Crippen LogP contribution in [0.2, 0.25) is 0 Å². The zero-order valence-corrected chi connectivity index (χ0v) is 8.43. The number of carboxylic acid groups (broad SMARTS) is 1. The summed E-state index contributed by atoms with van der Waals surface area (Å²) in [6, 6.07) is 3.88. The number of hydrogen-bond acceptors (Lipinski definition) is 4. The highest BCUT2D eigenvalue weighted by Crippen LogP contribution is 2.25. The van der Waals surface area contributed by atoms with E-state index in [4.69, 9.17) is 10.4 Å². The molecule has 1 aromatic rings. The summed E-state index contributed by atoms with van der Waals surface area (Å²) in [5.41, 5.74) is -0.398. The van der Waals surface area contributed by atoms with Crippen LogP contribution in [0, 0.1) is 21.4 Å². The van der Waals surface area contributed by atoms with Crippen molar-refractivity contribution in [2.24, 2.45) is 0 Å². The lowest BCUT2D eigenvalue weighted by molar-refractivity contribution is -0.385. The first-order valence-corrected chi connectivity index (χ1v) is 4.46. The van der Waals surface area contributed by atoms with Crippen LogP contribution in [-0.2, 0) is 6.42 Å². The number of carbonyl (C=O) groups is 1. The molecule has 0 amide bonds. The first-order chi connectivity index (χ1) is 7.52. The summed E-state index contributed by atoms with van der Waals surface area (Å²) in [5.74, 6) is -1.19. The van der Waals surface area contributed by atoms with E-state index in [0.717, 1.165) is 12.1 Å². The first-order valence-electron chi connectivity index (χ1n) is 4.46. The van der Waals surface area contributed by atoms with E-state index in [-0.39, 0.29) is 28.8 Å². The van der Waals surface area contributed by atoms with Crippen molar-refractivity contribution >= 4 is 11.7 Å². The number of nitro groups is 1. The minimum Gasteiger partial charge on any atom is -0.478 e. The van der Waals surface area contributed by atoms with Crippen molar-refractivity contribution in [3.63, 3.8) is 0 Å². The van der Waals surface area contributed by atoms with E-state index in [1.807, 2.05) is 0 Å². The zero-order chi connectivity index (χ0) is 12.3. The number of hydrogen-bond donors (Lipinski definition) is 1. The standard InChI is InChI=1S/C10H8N2O4/c1-2-6-7(10(13)14)3-4-9(12(15)16)8(6)5-11/h3-4H,2H2,1H3,(H,13,14). The van der Waals surface area contributed by atoms with Gasteiger partial charge in [0, 0.05) is 6.07 Å². The van der Waals surface area contributed by atoms with Gasteiger partial charge in [-0.25, -0.2) is 4.79 Å². The molecule has 0 saturated heterocycles. The summed E-state index contributed by atoms with van der Waals surface area (Å²) >= 11 is 0. The maximum Gasteiger partial charge on any atom is 0.336 e. The highest BCUT2D eigenvalue weighted by atomic mass is 16.6. The van der Waals surface area contributed by atoms with Gasteiger partial charge in [0.25, 0.3) is 5.69 Å². The number of nitriles is 1. The summed E-state index contributed by atoms with van der Waals surface area (Å²) in [6.45, 7) is 1.65. The number of rotatable bonds is 3. The summed E-state index contributed by atoms with van der Waals surface area (Å²) in [6.07, 6.45) is 0.256. The molecule has 1 aromatic carbocycles. The number of carboxylic acids is 1. The highest BCUT2D eigenvalue weighted by Gasteiger charge is 2.22. The topological polar surface area (TPSA) is 104 Å². The van der Waals surface area contributed by atoms with Crippen LogP contribution in [0.1, 0.15) is 28.4 Å². The molecule has 6 nitrogen and oxygen atoms in total. The fourth-order valence-corrected chi connectivity index (χ4v) is 1.48. The third-order valence-electron chi connectivity index (χ3n) is 2.18. The van der Waals surface area contributed by atoms with Crippen molar-refractivity contribution < 1.29 is 14.8 Å². The van der Waals surface area contributed by atoms with Gasteiger partial charge in [0.1, 0.15) is 11.6 Å². The van der Waals surface area contributed by atoms with E-state index in [1.54, 1.807) is 13.0 Å². The molecule has 0 radical (unpaired) electrons. The average Bonchev–Trinajstić information content (AvgIpc) is 2.26. The van der Waals surface area contributed by atoms with Gasteiger partial charge in [-0.15, -0.1) is 0 Å². The number of nitro benzene ring substituents is 1. The summed E-state index contributed by atoms with van der Waals surface area (Å²) in [7, 11) is 0. The van der Waals surface area contributed by atoms with Crippen LogP contribution < -0.4 is 0 Å². The van der Waals surface area contributed by atoms with Crippen LogP contribution in [0.3, 0.4) is 0 Å². The van der Waals surface area contributed by atoms with Gasteiger partial charge in [-0.05, 0) is 18.1 Å². The van der Waals surface area contributed by atoms with Crippen molar-refractivity contribution in [1.82, 2.24) is 0 Å². The predicted molar refractivity (Wildman–Crippen MR) is 54.1 cm³/mol. The molecule has 0 aliphatic heterocycles. The number of aromatic carboxylic acids is 1. The second kappa shape index (κ2) is 4.40. The monoisotopic (exact) mass is 220 g/mol. The molecule has 82 valence electrons. The van der Waals surface area contributed by atoms with E-state index in [2.05, 4.69) is 0 Å². The van der Waals surface area contributed by atoms with E-state index < -0.39 is 10.9 Å². The van der Waals surface area contributed by atoms with Gasteiger partial charge >= 0.3 is 5.97 Å². The third-order valence-corrected chi connectivity index (χ3v) is 2.18.